The van der Waals surface area contributed by atoms with E-state index < -0.39 is 17.9 Å². The van der Waals surface area contributed by atoms with Gasteiger partial charge in [-0.1, -0.05) is 24.3 Å². The third-order valence-electron chi connectivity index (χ3n) is 5.29. The number of primary amides is 1. The second-order valence-corrected chi connectivity index (χ2v) is 7.75. The Bertz CT molecular complexity index is 1240. The van der Waals surface area contributed by atoms with E-state index in [1.165, 1.54) is 12.1 Å². The SMILES string of the molecule is NC(=O)C(Cc1ccc(O)cc1)NC(=O)c1ccc(COc2ccc(-n3ccnc3)cc2)cc1. The summed E-state index contributed by atoms with van der Waals surface area (Å²) in [6.45, 7) is 0.344. The molecule has 4 N–H and O–H groups in total. The highest BCUT2D eigenvalue weighted by molar-refractivity contribution is 5.97. The number of carbonyl (C=O) groups excluding carboxylic acids is 2. The third kappa shape index (κ3) is 5.80. The summed E-state index contributed by atoms with van der Waals surface area (Å²) in [6, 6.07) is 20.1. The van der Waals surface area contributed by atoms with Gasteiger partial charge in [-0.2, -0.15) is 0 Å². The summed E-state index contributed by atoms with van der Waals surface area (Å²) in [6.07, 6.45) is 5.55. The zero-order valence-corrected chi connectivity index (χ0v) is 18.3. The maximum atomic E-state index is 12.6. The number of ether oxygens (including phenoxy) is 1. The number of phenols is 1. The highest BCUT2D eigenvalue weighted by atomic mass is 16.5. The molecule has 0 saturated carbocycles. The van der Waals surface area contributed by atoms with Crippen molar-refractivity contribution in [3.05, 3.63) is 108 Å². The van der Waals surface area contributed by atoms with Crippen molar-refractivity contribution in [2.75, 3.05) is 0 Å². The van der Waals surface area contributed by atoms with E-state index >= 15 is 0 Å². The summed E-state index contributed by atoms with van der Waals surface area (Å²) in [5, 5.41) is 12.1. The molecular weight excluding hydrogens is 432 g/mol. The minimum Gasteiger partial charge on any atom is -0.508 e. The number of amides is 2. The van der Waals surface area contributed by atoms with E-state index in [4.69, 9.17) is 10.5 Å². The Morgan fingerprint density at radius 3 is 2.26 bits per heavy atom. The van der Waals surface area contributed by atoms with Crippen molar-refractivity contribution in [3.8, 4) is 17.2 Å². The molecule has 0 spiro atoms. The molecule has 0 radical (unpaired) electrons. The fourth-order valence-corrected chi connectivity index (χ4v) is 3.38. The molecule has 8 heteroatoms. The number of imidazole rings is 1. The standard InChI is InChI=1S/C26H24N4O4/c27-25(32)24(15-18-3-9-22(31)10-4-18)29-26(33)20-5-1-19(2-6-20)16-34-23-11-7-21(8-12-23)30-14-13-28-17-30/h1-14,17,24,31H,15-16H2,(H2,27,32)(H,29,33). The molecule has 34 heavy (non-hydrogen) atoms. The van der Waals surface area contributed by atoms with Crippen LogP contribution in [0, 0.1) is 0 Å². The first kappa shape index (κ1) is 22.6. The number of benzene rings is 3. The normalized spacial score (nSPS) is 11.5. The van der Waals surface area contributed by atoms with Gasteiger partial charge in [-0.05, 0) is 59.7 Å². The van der Waals surface area contributed by atoms with E-state index in [0.717, 1.165) is 22.6 Å². The van der Waals surface area contributed by atoms with Gasteiger partial charge in [0.15, 0.2) is 0 Å². The van der Waals surface area contributed by atoms with Crippen LogP contribution in [-0.4, -0.2) is 32.5 Å². The van der Waals surface area contributed by atoms with Gasteiger partial charge < -0.3 is 25.5 Å². The molecule has 1 aromatic heterocycles. The van der Waals surface area contributed by atoms with Crippen molar-refractivity contribution in [1.29, 1.82) is 0 Å². The summed E-state index contributed by atoms with van der Waals surface area (Å²) in [4.78, 5) is 28.5. The largest absolute Gasteiger partial charge is 0.508 e. The molecule has 0 bridgehead atoms. The first-order valence-corrected chi connectivity index (χ1v) is 10.7. The molecule has 172 valence electrons. The summed E-state index contributed by atoms with van der Waals surface area (Å²) < 4.78 is 7.73. The summed E-state index contributed by atoms with van der Waals surface area (Å²) in [5.41, 5.74) is 8.53. The molecule has 1 heterocycles. The number of nitrogens with two attached hydrogens (primary N) is 1. The first-order valence-electron chi connectivity index (χ1n) is 10.7. The lowest BCUT2D eigenvalue weighted by Crippen LogP contribution is -2.45. The fourth-order valence-electron chi connectivity index (χ4n) is 3.38. The lowest BCUT2D eigenvalue weighted by atomic mass is 10.0. The van der Waals surface area contributed by atoms with Gasteiger partial charge in [-0.3, -0.25) is 9.59 Å². The second kappa shape index (κ2) is 10.4. The van der Waals surface area contributed by atoms with Crippen molar-refractivity contribution >= 4 is 11.8 Å². The number of nitrogens with one attached hydrogen (secondary N) is 1. The Morgan fingerprint density at radius 2 is 1.65 bits per heavy atom. The van der Waals surface area contributed by atoms with Crippen molar-refractivity contribution in [3.63, 3.8) is 0 Å². The van der Waals surface area contributed by atoms with Crippen LogP contribution in [0.2, 0.25) is 0 Å². The van der Waals surface area contributed by atoms with Gasteiger partial charge in [0, 0.05) is 30.1 Å². The Morgan fingerprint density at radius 1 is 0.971 bits per heavy atom. The van der Waals surface area contributed by atoms with E-state index in [-0.39, 0.29) is 12.2 Å². The monoisotopic (exact) mass is 456 g/mol. The zero-order valence-electron chi connectivity index (χ0n) is 18.3. The van der Waals surface area contributed by atoms with Crippen molar-refractivity contribution in [1.82, 2.24) is 14.9 Å². The smallest absolute Gasteiger partial charge is 0.251 e. The molecule has 0 saturated heterocycles. The molecule has 8 nitrogen and oxygen atoms in total. The molecule has 4 rings (SSSR count). The number of rotatable bonds is 9. The number of carbonyl (C=O) groups is 2. The Kier molecular flexibility index (Phi) is 6.88. The van der Waals surface area contributed by atoms with Crippen LogP contribution in [0.3, 0.4) is 0 Å². The van der Waals surface area contributed by atoms with E-state index in [9.17, 15) is 14.7 Å². The van der Waals surface area contributed by atoms with Crippen LogP contribution in [0.4, 0.5) is 0 Å². The van der Waals surface area contributed by atoms with Gasteiger partial charge >= 0.3 is 0 Å². The maximum absolute atomic E-state index is 12.6. The number of aromatic nitrogens is 2. The van der Waals surface area contributed by atoms with Gasteiger partial charge in [0.25, 0.3) is 5.91 Å². The van der Waals surface area contributed by atoms with Gasteiger partial charge in [0.05, 0.1) is 6.33 Å². The zero-order chi connectivity index (χ0) is 23.9. The van der Waals surface area contributed by atoms with Gasteiger partial charge in [0.1, 0.15) is 24.1 Å². The molecule has 1 unspecified atom stereocenters. The lowest BCUT2D eigenvalue weighted by molar-refractivity contribution is -0.119. The summed E-state index contributed by atoms with van der Waals surface area (Å²) in [7, 11) is 0. The summed E-state index contributed by atoms with van der Waals surface area (Å²) >= 11 is 0. The minimum absolute atomic E-state index is 0.124. The Balaban J connectivity index is 1.32. The summed E-state index contributed by atoms with van der Waals surface area (Å²) in [5.74, 6) is -0.182. The van der Waals surface area contributed by atoms with Crippen molar-refractivity contribution < 1.29 is 19.4 Å². The average molecular weight is 457 g/mol. The Hall–Kier alpha value is -4.59. The molecule has 3 aromatic carbocycles. The van der Waals surface area contributed by atoms with Crippen LogP contribution in [0.25, 0.3) is 5.69 Å². The fraction of sp³-hybridized carbons (Fsp3) is 0.115. The van der Waals surface area contributed by atoms with Gasteiger partial charge in [-0.25, -0.2) is 4.98 Å². The van der Waals surface area contributed by atoms with Gasteiger partial charge in [-0.15, -0.1) is 0 Å². The molecule has 4 aromatic rings. The quantitative estimate of drug-likeness (QED) is 0.358. The van der Waals surface area contributed by atoms with E-state index in [0.29, 0.717) is 12.2 Å². The number of hydrogen-bond acceptors (Lipinski definition) is 5. The predicted octanol–water partition coefficient (Wildman–Crippen LogP) is 2.98. The molecule has 0 aliphatic carbocycles. The lowest BCUT2D eigenvalue weighted by Gasteiger charge is -2.16. The van der Waals surface area contributed by atoms with Crippen LogP contribution in [0.15, 0.2) is 91.5 Å². The second-order valence-electron chi connectivity index (χ2n) is 7.75. The highest BCUT2D eigenvalue weighted by Gasteiger charge is 2.19. The number of nitrogens with zero attached hydrogens (tertiary/aromatic N) is 2. The van der Waals surface area contributed by atoms with Crippen LogP contribution in [-0.2, 0) is 17.8 Å². The molecule has 0 fully saturated rings. The van der Waals surface area contributed by atoms with Crippen LogP contribution < -0.4 is 15.8 Å². The third-order valence-corrected chi connectivity index (χ3v) is 5.29. The van der Waals surface area contributed by atoms with Crippen LogP contribution in [0.5, 0.6) is 11.5 Å². The average Bonchev–Trinajstić information content (AvgIpc) is 3.39. The Labute approximate surface area is 196 Å². The maximum Gasteiger partial charge on any atom is 0.251 e. The molecule has 2 amide bonds. The van der Waals surface area contributed by atoms with Crippen molar-refractivity contribution in [2.24, 2.45) is 5.73 Å². The van der Waals surface area contributed by atoms with E-state index in [1.807, 2.05) is 35.0 Å². The molecule has 0 aliphatic heterocycles. The highest BCUT2D eigenvalue weighted by Crippen LogP contribution is 2.17. The van der Waals surface area contributed by atoms with E-state index in [2.05, 4.69) is 10.3 Å². The molecule has 1 atom stereocenters. The predicted molar refractivity (Wildman–Crippen MR) is 127 cm³/mol. The van der Waals surface area contributed by atoms with Crippen LogP contribution >= 0.6 is 0 Å². The van der Waals surface area contributed by atoms with Gasteiger partial charge in [0.2, 0.25) is 5.91 Å². The van der Waals surface area contributed by atoms with Crippen LogP contribution in [0.1, 0.15) is 21.5 Å². The first-order chi connectivity index (χ1) is 16.5. The minimum atomic E-state index is -0.870. The van der Waals surface area contributed by atoms with Crippen molar-refractivity contribution in [2.45, 2.75) is 19.1 Å². The number of hydrogen-bond donors (Lipinski definition) is 3. The number of aromatic hydroxyl groups is 1. The molecular formula is C26H24N4O4. The van der Waals surface area contributed by atoms with E-state index in [1.54, 1.807) is 48.9 Å². The molecule has 0 aliphatic rings. The topological polar surface area (TPSA) is 119 Å². The number of phenolic OH excluding ortho intramolecular Hbond substituents is 1.